The second kappa shape index (κ2) is 43.4. The van der Waals surface area contributed by atoms with Gasteiger partial charge in [0.1, 0.15) is 31.8 Å². The summed E-state index contributed by atoms with van der Waals surface area (Å²) in [7, 11) is 3.85. The minimum atomic E-state index is -1.31. The summed E-state index contributed by atoms with van der Waals surface area (Å²) in [5, 5.41) is 0. The largest absolute Gasteiger partial charge is 0.466 e. The summed E-state index contributed by atoms with van der Waals surface area (Å²) in [6.07, 6.45) is 24.2. The van der Waals surface area contributed by atoms with Crippen LogP contribution in [0.3, 0.4) is 0 Å². The third kappa shape index (κ3) is 39.6. The van der Waals surface area contributed by atoms with Crippen molar-refractivity contribution in [3.8, 4) is 0 Å². The number of esters is 6. The molecule has 0 fully saturated rings. The monoisotopic (exact) mass is 926 g/mol. The molecular formula is C52H95NO12. The van der Waals surface area contributed by atoms with Crippen molar-refractivity contribution in [1.82, 2.24) is 4.90 Å². The molecule has 0 N–H and O–H groups in total. The summed E-state index contributed by atoms with van der Waals surface area (Å²) < 4.78 is 33.9. The van der Waals surface area contributed by atoms with Crippen molar-refractivity contribution < 1.29 is 57.2 Å². The minimum absolute atomic E-state index is 0.163. The Morgan fingerprint density at radius 2 is 0.677 bits per heavy atom. The van der Waals surface area contributed by atoms with E-state index in [1.807, 2.05) is 19.0 Å². The van der Waals surface area contributed by atoms with E-state index in [0.29, 0.717) is 51.9 Å². The first-order chi connectivity index (χ1) is 31.4. The quantitative estimate of drug-likeness (QED) is 0.0322. The average Bonchev–Trinajstić information content (AvgIpc) is 3.28. The molecule has 0 rings (SSSR count). The van der Waals surface area contributed by atoms with E-state index in [2.05, 4.69) is 27.7 Å². The number of ether oxygens (including phenoxy) is 6. The maximum atomic E-state index is 13.5. The fraction of sp³-hybridized carbons (Fsp3) is 0.885. The first kappa shape index (κ1) is 61.8. The molecule has 0 aliphatic rings. The lowest BCUT2D eigenvalue weighted by Gasteiger charge is -2.32. The van der Waals surface area contributed by atoms with Gasteiger partial charge in [-0.25, -0.2) is 0 Å². The second-order valence-electron chi connectivity index (χ2n) is 18.5. The van der Waals surface area contributed by atoms with E-state index in [4.69, 9.17) is 28.4 Å². The van der Waals surface area contributed by atoms with Gasteiger partial charge in [0.25, 0.3) is 0 Å². The average molecular weight is 926 g/mol. The lowest BCUT2D eigenvalue weighted by Crippen LogP contribution is -2.44. The first-order valence-electron chi connectivity index (χ1n) is 26.0. The highest BCUT2D eigenvalue weighted by Gasteiger charge is 2.38. The minimum Gasteiger partial charge on any atom is -0.466 e. The molecule has 0 saturated heterocycles. The Labute approximate surface area is 395 Å². The predicted octanol–water partition coefficient (Wildman–Crippen LogP) is 11.6. The van der Waals surface area contributed by atoms with E-state index < -0.39 is 23.3 Å². The number of carbonyl (C=O) groups excluding carboxylic acids is 6. The third-order valence-corrected chi connectivity index (χ3v) is 11.6. The summed E-state index contributed by atoms with van der Waals surface area (Å²) in [5.41, 5.74) is -1.31. The number of carbonyl (C=O) groups is 6. The standard InChI is InChI=1S/C52H95NO12/c1-7-11-21-30-45(31-22-12-8-2)40-51(59)65-44-52(43-64-50(58)36-29-37-53(5)6,41-62-48(56)34-25-19-15-17-23-32-46(54)60-38-27-13-9-3)42-63-49(57)35-26-20-16-18-24-33-47(55)61-39-28-14-10-4/h45H,7-44H2,1-6H3. The molecule has 0 aromatic rings. The maximum absolute atomic E-state index is 13.5. The van der Waals surface area contributed by atoms with Crippen molar-refractivity contribution >= 4 is 35.8 Å². The van der Waals surface area contributed by atoms with Crippen LogP contribution >= 0.6 is 0 Å². The van der Waals surface area contributed by atoms with Crippen LogP contribution in [0.5, 0.6) is 0 Å². The molecule has 13 nitrogen and oxygen atoms in total. The van der Waals surface area contributed by atoms with Crippen molar-refractivity contribution in [2.24, 2.45) is 11.3 Å². The Balaban J connectivity index is 5.66. The zero-order valence-electron chi connectivity index (χ0n) is 42.3. The van der Waals surface area contributed by atoms with Gasteiger partial charge in [-0.05, 0) is 84.3 Å². The van der Waals surface area contributed by atoms with Crippen LogP contribution in [0.25, 0.3) is 0 Å². The van der Waals surface area contributed by atoms with Gasteiger partial charge in [-0.2, -0.15) is 0 Å². The van der Waals surface area contributed by atoms with E-state index in [1.165, 1.54) is 0 Å². The molecule has 0 aliphatic heterocycles. The fourth-order valence-corrected chi connectivity index (χ4v) is 7.31. The van der Waals surface area contributed by atoms with Crippen LogP contribution in [0.2, 0.25) is 0 Å². The van der Waals surface area contributed by atoms with Crippen molar-refractivity contribution in [3.05, 3.63) is 0 Å². The molecule has 0 spiro atoms. The van der Waals surface area contributed by atoms with Gasteiger partial charge in [0.15, 0.2) is 0 Å². The smallest absolute Gasteiger partial charge is 0.306 e. The lowest BCUT2D eigenvalue weighted by atomic mass is 9.91. The van der Waals surface area contributed by atoms with Gasteiger partial charge in [0, 0.05) is 38.5 Å². The molecule has 13 heteroatoms. The number of hydrogen-bond donors (Lipinski definition) is 0. The van der Waals surface area contributed by atoms with Gasteiger partial charge >= 0.3 is 35.8 Å². The summed E-state index contributed by atoms with van der Waals surface area (Å²) in [6, 6.07) is 0. The van der Waals surface area contributed by atoms with Crippen LogP contribution < -0.4 is 0 Å². The van der Waals surface area contributed by atoms with Crippen LogP contribution in [0, 0.1) is 11.3 Å². The number of nitrogens with zero attached hydrogens (tertiary/aromatic N) is 1. The van der Waals surface area contributed by atoms with Crippen LogP contribution in [-0.2, 0) is 57.2 Å². The molecule has 0 radical (unpaired) electrons. The Kier molecular flexibility index (Phi) is 41.2. The molecule has 0 atom stereocenters. The lowest BCUT2D eigenvalue weighted by molar-refractivity contribution is -0.171. The summed E-state index contributed by atoms with van der Waals surface area (Å²) in [5.74, 6) is -1.86. The molecular weight excluding hydrogens is 831 g/mol. The molecule has 0 amide bonds. The zero-order chi connectivity index (χ0) is 48.2. The molecule has 0 aromatic heterocycles. The zero-order valence-corrected chi connectivity index (χ0v) is 42.3. The summed E-state index contributed by atoms with van der Waals surface area (Å²) in [6.45, 7) is 9.12. The SMILES string of the molecule is CCCCCOC(=O)CCCCCCCC(=O)OCC(COC(=O)CCCCCCCC(=O)OCCCCC)(COC(=O)CCCN(C)C)COC(=O)CC(CCCCC)CCCCC. The van der Waals surface area contributed by atoms with Gasteiger partial charge in [0.2, 0.25) is 0 Å². The molecule has 0 heterocycles. The van der Waals surface area contributed by atoms with Crippen molar-refractivity contribution in [2.75, 3.05) is 60.3 Å². The summed E-state index contributed by atoms with van der Waals surface area (Å²) >= 11 is 0. The Bertz CT molecular complexity index is 1160. The van der Waals surface area contributed by atoms with Crippen molar-refractivity contribution in [3.63, 3.8) is 0 Å². The molecule has 380 valence electrons. The normalized spacial score (nSPS) is 11.4. The Morgan fingerprint density at radius 3 is 1.03 bits per heavy atom. The van der Waals surface area contributed by atoms with Crippen LogP contribution in [0.4, 0.5) is 0 Å². The van der Waals surface area contributed by atoms with E-state index in [0.717, 1.165) is 141 Å². The van der Waals surface area contributed by atoms with Gasteiger partial charge < -0.3 is 33.3 Å². The van der Waals surface area contributed by atoms with Gasteiger partial charge in [-0.3, -0.25) is 28.8 Å². The highest BCUT2D eigenvalue weighted by molar-refractivity contribution is 5.71. The predicted molar refractivity (Wildman–Crippen MR) is 256 cm³/mol. The van der Waals surface area contributed by atoms with Gasteiger partial charge in [-0.15, -0.1) is 0 Å². The van der Waals surface area contributed by atoms with Crippen LogP contribution in [-0.4, -0.2) is 101 Å². The Hall–Kier alpha value is -3.22. The number of unbranched alkanes of at least 4 members (excludes halogenated alkanes) is 16. The highest BCUT2D eigenvalue weighted by atomic mass is 16.6. The fourth-order valence-electron chi connectivity index (χ4n) is 7.31. The molecule has 0 aromatic carbocycles. The van der Waals surface area contributed by atoms with E-state index >= 15 is 0 Å². The van der Waals surface area contributed by atoms with E-state index in [1.54, 1.807) is 0 Å². The van der Waals surface area contributed by atoms with Crippen LogP contribution in [0.1, 0.15) is 227 Å². The molecule has 0 saturated carbocycles. The van der Waals surface area contributed by atoms with E-state index in [-0.39, 0.29) is 75.9 Å². The molecule has 0 unspecified atom stereocenters. The summed E-state index contributed by atoms with van der Waals surface area (Å²) in [4.78, 5) is 78.7. The third-order valence-electron chi connectivity index (χ3n) is 11.6. The van der Waals surface area contributed by atoms with Crippen molar-refractivity contribution in [1.29, 1.82) is 0 Å². The Morgan fingerprint density at radius 1 is 0.369 bits per heavy atom. The molecule has 0 bridgehead atoms. The van der Waals surface area contributed by atoms with E-state index in [9.17, 15) is 28.8 Å². The molecule has 65 heavy (non-hydrogen) atoms. The van der Waals surface area contributed by atoms with Crippen LogP contribution in [0.15, 0.2) is 0 Å². The van der Waals surface area contributed by atoms with Gasteiger partial charge in [-0.1, -0.05) is 130 Å². The maximum Gasteiger partial charge on any atom is 0.306 e. The number of hydrogen-bond acceptors (Lipinski definition) is 13. The van der Waals surface area contributed by atoms with Crippen molar-refractivity contribution in [2.45, 2.75) is 227 Å². The number of rotatable bonds is 46. The second-order valence-corrected chi connectivity index (χ2v) is 18.5. The van der Waals surface area contributed by atoms with Gasteiger partial charge in [0.05, 0.1) is 13.2 Å². The molecule has 0 aliphatic carbocycles. The first-order valence-corrected chi connectivity index (χ1v) is 26.0. The topological polar surface area (TPSA) is 161 Å². The highest BCUT2D eigenvalue weighted by Crippen LogP contribution is 2.26.